The zero-order valence-electron chi connectivity index (χ0n) is 14.9. The van der Waals surface area contributed by atoms with E-state index in [1.165, 1.54) is 0 Å². The van der Waals surface area contributed by atoms with Gasteiger partial charge >= 0.3 is 5.97 Å². The molecule has 0 amide bonds. The van der Waals surface area contributed by atoms with E-state index in [0.717, 1.165) is 26.9 Å². The number of ether oxygens (including phenoxy) is 2. The molecule has 2 rings (SSSR count). The summed E-state index contributed by atoms with van der Waals surface area (Å²) < 4.78 is 12.0. The molecule has 138 valence electrons. The highest BCUT2D eigenvalue weighted by atomic mass is 79.9. The summed E-state index contributed by atoms with van der Waals surface area (Å²) in [6.45, 7) is 4.69. The molecular formula is C21H23BrO4. The minimum absolute atomic E-state index is 0.339. The first-order valence-corrected chi connectivity index (χ1v) is 9.27. The third-order valence-electron chi connectivity index (χ3n) is 3.93. The lowest BCUT2D eigenvalue weighted by molar-refractivity contribution is -0.149. The standard InChI is InChI=1S/C21H23BrO4/c1-3-25-20(21(23)24)14-16-4-10-19(11-5-16)26-13-12-15(2)17-6-8-18(22)9-7-17/h4-12,20H,3,13-14H2,1-2H3,(H,23,24). The maximum atomic E-state index is 11.1. The van der Waals surface area contributed by atoms with Crippen LogP contribution in [0.1, 0.15) is 25.0 Å². The fourth-order valence-corrected chi connectivity index (χ4v) is 2.71. The third-order valence-corrected chi connectivity index (χ3v) is 4.46. The average Bonchev–Trinajstić information content (AvgIpc) is 2.63. The minimum Gasteiger partial charge on any atom is -0.490 e. The van der Waals surface area contributed by atoms with Crippen molar-refractivity contribution in [2.75, 3.05) is 13.2 Å². The van der Waals surface area contributed by atoms with Gasteiger partial charge in [0.05, 0.1) is 0 Å². The summed E-state index contributed by atoms with van der Waals surface area (Å²) >= 11 is 3.43. The number of carbonyl (C=O) groups is 1. The molecule has 1 N–H and O–H groups in total. The number of carboxylic acids is 1. The smallest absolute Gasteiger partial charge is 0.333 e. The molecule has 1 atom stereocenters. The van der Waals surface area contributed by atoms with E-state index >= 15 is 0 Å². The van der Waals surface area contributed by atoms with Crippen LogP contribution in [0.3, 0.4) is 0 Å². The van der Waals surface area contributed by atoms with Crippen LogP contribution in [-0.2, 0) is 16.0 Å². The number of halogens is 1. The molecule has 0 aromatic heterocycles. The Morgan fingerprint density at radius 2 is 1.81 bits per heavy atom. The Morgan fingerprint density at radius 3 is 2.38 bits per heavy atom. The van der Waals surface area contributed by atoms with Gasteiger partial charge < -0.3 is 14.6 Å². The molecule has 0 heterocycles. The summed E-state index contributed by atoms with van der Waals surface area (Å²) in [5, 5.41) is 9.14. The molecule has 0 spiro atoms. The normalized spacial score (nSPS) is 12.7. The van der Waals surface area contributed by atoms with Crippen LogP contribution in [-0.4, -0.2) is 30.4 Å². The van der Waals surface area contributed by atoms with Crippen molar-refractivity contribution in [1.29, 1.82) is 0 Å². The van der Waals surface area contributed by atoms with Gasteiger partial charge in [0.25, 0.3) is 0 Å². The van der Waals surface area contributed by atoms with Crippen molar-refractivity contribution in [3.8, 4) is 5.75 Å². The van der Waals surface area contributed by atoms with Gasteiger partial charge in [-0.15, -0.1) is 0 Å². The minimum atomic E-state index is -0.944. The first-order chi connectivity index (χ1) is 12.5. The van der Waals surface area contributed by atoms with E-state index in [4.69, 9.17) is 14.6 Å². The summed E-state index contributed by atoms with van der Waals surface area (Å²) in [6.07, 6.45) is 1.56. The van der Waals surface area contributed by atoms with Crippen LogP contribution in [0, 0.1) is 0 Å². The fourth-order valence-electron chi connectivity index (χ4n) is 2.45. The number of hydrogen-bond donors (Lipinski definition) is 1. The molecule has 4 nitrogen and oxygen atoms in total. The van der Waals surface area contributed by atoms with Crippen LogP contribution >= 0.6 is 15.9 Å². The van der Waals surface area contributed by atoms with Crippen molar-refractivity contribution < 1.29 is 19.4 Å². The highest BCUT2D eigenvalue weighted by Crippen LogP contribution is 2.18. The largest absolute Gasteiger partial charge is 0.490 e. The number of allylic oxidation sites excluding steroid dienone is 1. The zero-order valence-corrected chi connectivity index (χ0v) is 16.5. The Morgan fingerprint density at radius 1 is 1.15 bits per heavy atom. The predicted molar refractivity (Wildman–Crippen MR) is 106 cm³/mol. The molecule has 0 saturated heterocycles. The molecule has 0 aliphatic carbocycles. The van der Waals surface area contributed by atoms with Crippen molar-refractivity contribution in [2.24, 2.45) is 0 Å². The highest BCUT2D eigenvalue weighted by molar-refractivity contribution is 9.10. The van der Waals surface area contributed by atoms with E-state index < -0.39 is 12.1 Å². The van der Waals surface area contributed by atoms with Crippen LogP contribution in [0.4, 0.5) is 0 Å². The lowest BCUT2D eigenvalue weighted by Crippen LogP contribution is -2.26. The molecule has 0 bridgehead atoms. The lowest BCUT2D eigenvalue weighted by Gasteiger charge is -2.12. The number of hydrogen-bond acceptors (Lipinski definition) is 3. The Labute approximate surface area is 162 Å². The second kappa shape index (κ2) is 10.1. The molecular weight excluding hydrogens is 396 g/mol. The summed E-state index contributed by atoms with van der Waals surface area (Å²) in [7, 11) is 0. The highest BCUT2D eigenvalue weighted by Gasteiger charge is 2.17. The molecule has 0 radical (unpaired) electrons. The first kappa shape index (κ1) is 20.2. The van der Waals surface area contributed by atoms with E-state index in [9.17, 15) is 4.79 Å². The molecule has 0 saturated carbocycles. The number of carboxylic acid groups (broad SMARTS) is 1. The van der Waals surface area contributed by atoms with Gasteiger partial charge in [0.1, 0.15) is 12.4 Å². The van der Waals surface area contributed by atoms with E-state index in [1.54, 1.807) is 6.92 Å². The van der Waals surface area contributed by atoms with Gasteiger partial charge in [0.15, 0.2) is 6.10 Å². The summed E-state index contributed by atoms with van der Waals surface area (Å²) in [5.41, 5.74) is 3.21. The van der Waals surface area contributed by atoms with Gasteiger partial charge in [-0.05, 0) is 60.9 Å². The average molecular weight is 419 g/mol. The molecule has 2 aromatic carbocycles. The second-order valence-corrected chi connectivity index (χ2v) is 6.75. The maximum Gasteiger partial charge on any atom is 0.333 e. The third kappa shape index (κ3) is 6.32. The van der Waals surface area contributed by atoms with Gasteiger partial charge in [-0.1, -0.05) is 40.2 Å². The topological polar surface area (TPSA) is 55.8 Å². The van der Waals surface area contributed by atoms with Crippen LogP contribution in [0.2, 0.25) is 0 Å². The van der Waals surface area contributed by atoms with E-state index in [2.05, 4.69) is 35.0 Å². The van der Waals surface area contributed by atoms with Gasteiger partial charge in [-0.2, -0.15) is 0 Å². The number of benzene rings is 2. The Hall–Kier alpha value is -2.11. The van der Waals surface area contributed by atoms with Crippen molar-refractivity contribution in [3.63, 3.8) is 0 Å². The van der Waals surface area contributed by atoms with Gasteiger partial charge in [-0.25, -0.2) is 4.79 Å². The van der Waals surface area contributed by atoms with Crippen LogP contribution < -0.4 is 4.74 Å². The Bertz CT molecular complexity index is 736. The van der Waals surface area contributed by atoms with Crippen LogP contribution in [0.25, 0.3) is 5.57 Å². The maximum absolute atomic E-state index is 11.1. The quantitative estimate of drug-likeness (QED) is 0.624. The molecule has 0 aliphatic rings. The van der Waals surface area contributed by atoms with Crippen molar-refractivity contribution in [2.45, 2.75) is 26.4 Å². The van der Waals surface area contributed by atoms with Crippen molar-refractivity contribution in [3.05, 3.63) is 70.2 Å². The van der Waals surface area contributed by atoms with Gasteiger partial charge in [0.2, 0.25) is 0 Å². The van der Waals surface area contributed by atoms with Gasteiger partial charge in [-0.3, -0.25) is 0 Å². The predicted octanol–water partition coefficient (Wildman–Crippen LogP) is 4.96. The number of rotatable bonds is 9. The Balaban J connectivity index is 1.89. The van der Waals surface area contributed by atoms with Crippen molar-refractivity contribution >= 4 is 27.5 Å². The fraction of sp³-hybridized carbons (Fsp3) is 0.286. The number of aliphatic carboxylic acids is 1. The SMILES string of the molecule is CCOC(Cc1ccc(OCC=C(C)c2ccc(Br)cc2)cc1)C(=O)O. The molecule has 1 unspecified atom stereocenters. The van der Waals surface area contributed by atoms with E-state index in [0.29, 0.717) is 19.6 Å². The molecule has 5 heteroatoms. The molecule has 0 aliphatic heterocycles. The molecule has 0 fully saturated rings. The van der Waals surface area contributed by atoms with Crippen LogP contribution in [0.5, 0.6) is 5.75 Å². The summed E-state index contributed by atoms with van der Waals surface area (Å²) in [6, 6.07) is 15.6. The van der Waals surface area contributed by atoms with E-state index in [-0.39, 0.29) is 0 Å². The van der Waals surface area contributed by atoms with Gasteiger partial charge in [0, 0.05) is 17.5 Å². The lowest BCUT2D eigenvalue weighted by atomic mass is 10.1. The second-order valence-electron chi connectivity index (χ2n) is 5.84. The van der Waals surface area contributed by atoms with E-state index in [1.807, 2.05) is 42.5 Å². The molecule has 26 heavy (non-hydrogen) atoms. The monoisotopic (exact) mass is 418 g/mol. The zero-order chi connectivity index (χ0) is 18.9. The Kier molecular flexibility index (Phi) is 7.88. The van der Waals surface area contributed by atoms with Crippen LogP contribution in [0.15, 0.2) is 59.1 Å². The first-order valence-electron chi connectivity index (χ1n) is 8.48. The summed E-state index contributed by atoms with van der Waals surface area (Å²) in [4.78, 5) is 11.1. The van der Waals surface area contributed by atoms with Crippen molar-refractivity contribution in [1.82, 2.24) is 0 Å². The summed E-state index contributed by atoms with van der Waals surface area (Å²) in [5.74, 6) is -0.197. The molecule has 2 aromatic rings.